The Labute approximate surface area is 163 Å². The number of hydrogen-bond donors (Lipinski definition) is 2. The van der Waals surface area contributed by atoms with Gasteiger partial charge in [-0.25, -0.2) is 4.79 Å². The lowest BCUT2D eigenvalue weighted by atomic mass is 9.75. The van der Waals surface area contributed by atoms with Crippen LogP contribution in [0.2, 0.25) is 0 Å². The summed E-state index contributed by atoms with van der Waals surface area (Å²) < 4.78 is 38.3. The maximum Gasteiger partial charge on any atom is 0.391 e. The Balaban J connectivity index is 1.16. The van der Waals surface area contributed by atoms with Crippen molar-refractivity contribution >= 4 is 6.03 Å². The van der Waals surface area contributed by atoms with Gasteiger partial charge in [-0.15, -0.1) is 0 Å². The van der Waals surface area contributed by atoms with Crippen LogP contribution in [-0.4, -0.2) is 48.3 Å². The van der Waals surface area contributed by atoms with Gasteiger partial charge in [0, 0.05) is 24.0 Å². The van der Waals surface area contributed by atoms with Gasteiger partial charge in [-0.1, -0.05) is 30.3 Å². The standard InChI is InChI=1S/C21H28F3N3O/c22-21(23,24)15-8-10-27(11-9-15)17-12-16(13-17)25-20(28)26-19-7-6-18(19)14-4-2-1-3-5-14/h1-5,15-19H,6-13H2,(H2,25,26,28)/t16?,17?,18-,19-/m1/s1. The first kappa shape index (κ1) is 19.6. The van der Waals surface area contributed by atoms with Crippen LogP contribution in [0.1, 0.15) is 50.0 Å². The molecular formula is C21H28F3N3O. The van der Waals surface area contributed by atoms with Gasteiger partial charge in [0.25, 0.3) is 0 Å². The number of urea groups is 1. The van der Waals surface area contributed by atoms with E-state index >= 15 is 0 Å². The van der Waals surface area contributed by atoms with Crippen molar-refractivity contribution in [1.29, 1.82) is 0 Å². The summed E-state index contributed by atoms with van der Waals surface area (Å²) in [6.45, 7) is 1.02. The number of amides is 2. The van der Waals surface area contributed by atoms with E-state index in [1.165, 1.54) is 5.56 Å². The molecule has 2 N–H and O–H groups in total. The first-order valence-corrected chi connectivity index (χ1v) is 10.3. The Bertz CT molecular complexity index is 667. The van der Waals surface area contributed by atoms with Crippen molar-refractivity contribution in [3.63, 3.8) is 0 Å². The Hall–Kier alpha value is -1.76. The van der Waals surface area contributed by atoms with Crippen molar-refractivity contribution in [3.8, 4) is 0 Å². The third-order valence-corrected chi connectivity index (χ3v) is 6.78. The molecule has 1 aliphatic heterocycles. The fourth-order valence-electron chi connectivity index (χ4n) is 4.76. The van der Waals surface area contributed by atoms with Gasteiger partial charge in [0.15, 0.2) is 0 Å². The number of piperidine rings is 1. The van der Waals surface area contributed by atoms with Crippen LogP contribution in [0.5, 0.6) is 0 Å². The van der Waals surface area contributed by atoms with E-state index in [4.69, 9.17) is 0 Å². The maximum atomic E-state index is 12.8. The van der Waals surface area contributed by atoms with Crippen molar-refractivity contribution in [2.24, 2.45) is 5.92 Å². The number of nitrogens with zero attached hydrogens (tertiary/aromatic N) is 1. The molecule has 4 nitrogen and oxygen atoms in total. The molecule has 4 rings (SSSR count). The highest BCUT2D eigenvalue weighted by Gasteiger charge is 2.44. The maximum absolute atomic E-state index is 12.8. The minimum absolute atomic E-state index is 0.120. The second-order valence-corrected chi connectivity index (χ2v) is 8.49. The highest BCUT2D eigenvalue weighted by atomic mass is 19.4. The third-order valence-electron chi connectivity index (χ3n) is 6.78. The summed E-state index contributed by atoms with van der Waals surface area (Å²) in [6.07, 6.45) is 0.0752. The number of rotatable bonds is 4. The van der Waals surface area contributed by atoms with Crippen LogP contribution < -0.4 is 10.6 Å². The number of alkyl halides is 3. The minimum Gasteiger partial charge on any atom is -0.335 e. The molecule has 0 aromatic heterocycles. The van der Waals surface area contributed by atoms with Gasteiger partial charge < -0.3 is 15.5 Å². The van der Waals surface area contributed by atoms with Gasteiger partial charge in [0.05, 0.1) is 5.92 Å². The highest BCUT2D eigenvalue weighted by Crippen LogP contribution is 2.38. The lowest BCUT2D eigenvalue weighted by molar-refractivity contribution is -0.187. The zero-order valence-electron chi connectivity index (χ0n) is 15.9. The quantitative estimate of drug-likeness (QED) is 0.808. The summed E-state index contributed by atoms with van der Waals surface area (Å²) in [5.41, 5.74) is 1.27. The van der Waals surface area contributed by atoms with E-state index in [1.54, 1.807) is 0 Å². The number of hydrogen-bond acceptors (Lipinski definition) is 2. The summed E-state index contributed by atoms with van der Waals surface area (Å²) in [5, 5.41) is 6.13. The van der Waals surface area contributed by atoms with Crippen LogP contribution in [0, 0.1) is 5.92 Å². The number of carbonyl (C=O) groups excluding carboxylic acids is 1. The molecule has 0 radical (unpaired) electrons. The van der Waals surface area contributed by atoms with E-state index in [2.05, 4.69) is 27.7 Å². The smallest absolute Gasteiger partial charge is 0.335 e. The number of carbonyl (C=O) groups is 1. The van der Waals surface area contributed by atoms with Crippen molar-refractivity contribution in [3.05, 3.63) is 35.9 Å². The average molecular weight is 395 g/mol. The van der Waals surface area contributed by atoms with Gasteiger partial charge in [0.1, 0.15) is 0 Å². The minimum atomic E-state index is -4.06. The zero-order valence-corrected chi connectivity index (χ0v) is 15.9. The van der Waals surface area contributed by atoms with Crippen LogP contribution in [0.4, 0.5) is 18.0 Å². The fourth-order valence-corrected chi connectivity index (χ4v) is 4.76. The molecule has 2 amide bonds. The monoisotopic (exact) mass is 395 g/mol. The molecule has 3 fully saturated rings. The number of likely N-dealkylation sites (tertiary alicyclic amines) is 1. The highest BCUT2D eigenvalue weighted by molar-refractivity contribution is 5.75. The van der Waals surface area contributed by atoms with Crippen molar-refractivity contribution in [2.45, 2.75) is 68.7 Å². The number of nitrogens with one attached hydrogen (secondary N) is 2. The van der Waals surface area contributed by atoms with Gasteiger partial charge in [-0.2, -0.15) is 13.2 Å². The summed E-state index contributed by atoms with van der Waals surface area (Å²) in [7, 11) is 0. The van der Waals surface area contributed by atoms with Crippen molar-refractivity contribution in [2.75, 3.05) is 13.1 Å². The molecule has 2 aliphatic carbocycles. The van der Waals surface area contributed by atoms with Gasteiger partial charge >= 0.3 is 12.2 Å². The number of halogens is 3. The van der Waals surface area contributed by atoms with E-state index < -0.39 is 12.1 Å². The zero-order chi connectivity index (χ0) is 19.7. The molecule has 0 spiro atoms. The molecule has 2 saturated carbocycles. The molecule has 3 aliphatic rings. The molecule has 0 unspecified atom stereocenters. The Kier molecular flexibility index (Phi) is 5.54. The second kappa shape index (κ2) is 7.93. The van der Waals surface area contributed by atoms with Gasteiger partial charge in [0.2, 0.25) is 0 Å². The summed E-state index contributed by atoms with van der Waals surface area (Å²) in [6, 6.07) is 10.7. The van der Waals surface area contributed by atoms with Crippen LogP contribution in [0.3, 0.4) is 0 Å². The molecule has 0 bridgehead atoms. The SMILES string of the molecule is O=C(NC1CC(N2CCC(C(F)(F)F)CC2)C1)N[C@@H]1CC[C@@H]1c1ccccc1. The van der Waals surface area contributed by atoms with Gasteiger partial charge in [-0.3, -0.25) is 0 Å². The molecule has 1 aromatic carbocycles. The predicted octanol–water partition coefficient (Wildman–Crippen LogP) is 4.04. The molecule has 1 aromatic rings. The van der Waals surface area contributed by atoms with Crippen LogP contribution in [0.25, 0.3) is 0 Å². The number of benzene rings is 1. The summed E-state index contributed by atoms with van der Waals surface area (Å²) in [5.74, 6) is -0.764. The largest absolute Gasteiger partial charge is 0.391 e. The molecule has 1 heterocycles. The normalized spacial score (nSPS) is 31.5. The second-order valence-electron chi connectivity index (χ2n) is 8.49. The van der Waals surface area contributed by atoms with Crippen molar-refractivity contribution < 1.29 is 18.0 Å². The third kappa shape index (κ3) is 4.29. The predicted molar refractivity (Wildman–Crippen MR) is 101 cm³/mol. The average Bonchev–Trinajstić information content (AvgIpc) is 2.62. The molecule has 1 saturated heterocycles. The Morgan fingerprint density at radius 3 is 2.21 bits per heavy atom. The first-order valence-electron chi connectivity index (χ1n) is 10.3. The first-order chi connectivity index (χ1) is 13.4. The van der Waals surface area contributed by atoms with Crippen LogP contribution >= 0.6 is 0 Å². The molecule has 2 atom stereocenters. The molecular weight excluding hydrogens is 367 g/mol. The summed E-state index contributed by atoms with van der Waals surface area (Å²) >= 11 is 0. The fraction of sp³-hybridized carbons (Fsp3) is 0.667. The van der Waals surface area contributed by atoms with E-state index in [1.807, 2.05) is 18.2 Å². The van der Waals surface area contributed by atoms with Crippen LogP contribution in [0.15, 0.2) is 30.3 Å². The topological polar surface area (TPSA) is 44.4 Å². The molecule has 154 valence electrons. The van der Waals surface area contributed by atoms with E-state index in [0.29, 0.717) is 25.0 Å². The molecule has 28 heavy (non-hydrogen) atoms. The Morgan fingerprint density at radius 1 is 0.964 bits per heavy atom. The van der Waals surface area contributed by atoms with Crippen LogP contribution in [-0.2, 0) is 0 Å². The van der Waals surface area contributed by atoms with E-state index in [0.717, 1.165) is 25.7 Å². The Morgan fingerprint density at radius 2 is 1.64 bits per heavy atom. The lowest BCUT2D eigenvalue weighted by Crippen LogP contribution is -2.59. The van der Waals surface area contributed by atoms with Crippen molar-refractivity contribution in [1.82, 2.24) is 15.5 Å². The molecule has 7 heteroatoms. The summed E-state index contributed by atoms with van der Waals surface area (Å²) in [4.78, 5) is 14.5. The van der Waals surface area contributed by atoms with E-state index in [9.17, 15) is 18.0 Å². The lowest BCUT2D eigenvalue weighted by Gasteiger charge is -2.46. The van der Waals surface area contributed by atoms with E-state index in [-0.39, 0.29) is 31.0 Å². The van der Waals surface area contributed by atoms with Gasteiger partial charge in [-0.05, 0) is 57.2 Å².